The van der Waals surface area contributed by atoms with Crippen molar-refractivity contribution in [3.05, 3.63) is 132 Å². The Morgan fingerprint density at radius 1 is 0.743 bits per heavy atom. The third-order valence-corrected chi connectivity index (χ3v) is 6.56. The summed E-state index contributed by atoms with van der Waals surface area (Å²) in [4.78, 5) is 31.7. The standard InChI is InChI=1S/C30H23N3O2/c34-28-24-17-7-9-19-26(24)31-30(33(28)23-15-5-2-6-16-23)25-18-8-10-20-27(25)32(29(30)35)21-11-14-22-12-3-1-4-13-22/h1-20,31H,21H2/b14-11+/t30-/m0/s1. The summed E-state index contributed by atoms with van der Waals surface area (Å²) in [5.41, 5.74) is 3.06. The molecule has 0 aromatic heterocycles. The lowest BCUT2D eigenvalue weighted by molar-refractivity contribution is -0.122. The molecule has 35 heavy (non-hydrogen) atoms. The Kier molecular flexibility index (Phi) is 4.96. The molecule has 1 N–H and O–H groups in total. The van der Waals surface area contributed by atoms with E-state index in [9.17, 15) is 9.59 Å². The smallest absolute Gasteiger partial charge is 0.279 e. The maximum Gasteiger partial charge on any atom is 0.279 e. The number of hydrogen-bond acceptors (Lipinski definition) is 3. The summed E-state index contributed by atoms with van der Waals surface area (Å²) in [6.07, 6.45) is 3.99. The van der Waals surface area contributed by atoms with E-state index in [1.165, 1.54) is 0 Å². The number of hydrogen-bond donors (Lipinski definition) is 1. The van der Waals surface area contributed by atoms with Crippen LogP contribution in [0.5, 0.6) is 0 Å². The first kappa shape index (κ1) is 20.9. The van der Waals surface area contributed by atoms with Gasteiger partial charge in [0.1, 0.15) is 0 Å². The van der Waals surface area contributed by atoms with Crippen LogP contribution < -0.4 is 15.1 Å². The van der Waals surface area contributed by atoms with Gasteiger partial charge in [-0.15, -0.1) is 0 Å². The molecule has 0 saturated carbocycles. The maximum absolute atomic E-state index is 14.4. The van der Waals surface area contributed by atoms with Crippen molar-refractivity contribution < 1.29 is 9.59 Å². The lowest BCUT2D eigenvalue weighted by atomic mass is 9.92. The van der Waals surface area contributed by atoms with Gasteiger partial charge in [0.2, 0.25) is 5.66 Å². The number of para-hydroxylation sites is 3. The molecule has 0 radical (unpaired) electrons. The molecule has 6 rings (SSSR count). The van der Waals surface area contributed by atoms with Crippen LogP contribution in [-0.4, -0.2) is 18.4 Å². The maximum atomic E-state index is 14.4. The minimum absolute atomic E-state index is 0.192. The van der Waals surface area contributed by atoms with Crippen molar-refractivity contribution in [2.24, 2.45) is 0 Å². The van der Waals surface area contributed by atoms with Crippen LogP contribution >= 0.6 is 0 Å². The van der Waals surface area contributed by atoms with Crippen LogP contribution in [0.25, 0.3) is 6.08 Å². The van der Waals surface area contributed by atoms with Gasteiger partial charge in [0.05, 0.1) is 11.3 Å². The third-order valence-electron chi connectivity index (χ3n) is 6.56. The van der Waals surface area contributed by atoms with Gasteiger partial charge < -0.3 is 10.2 Å². The highest BCUT2D eigenvalue weighted by atomic mass is 16.2. The zero-order chi connectivity index (χ0) is 23.8. The Labute approximate surface area is 203 Å². The first-order chi connectivity index (χ1) is 17.2. The predicted octanol–water partition coefficient (Wildman–Crippen LogP) is 5.67. The Morgan fingerprint density at radius 2 is 1.40 bits per heavy atom. The topological polar surface area (TPSA) is 52.7 Å². The Hall–Kier alpha value is -4.64. The minimum Gasteiger partial charge on any atom is -0.350 e. The highest BCUT2D eigenvalue weighted by molar-refractivity contribution is 6.22. The molecule has 0 saturated heterocycles. The van der Waals surface area contributed by atoms with Gasteiger partial charge in [-0.3, -0.25) is 14.5 Å². The highest BCUT2D eigenvalue weighted by Crippen LogP contribution is 2.49. The number of carbonyl (C=O) groups is 2. The van der Waals surface area contributed by atoms with E-state index in [4.69, 9.17) is 0 Å². The fourth-order valence-electron chi connectivity index (χ4n) is 5.00. The fraction of sp³-hybridized carbons (Fsp3) is 0.0667. The molecule has 4 aromatic carbocycles. The average Bonchev–Trinajstić information content (AvgIpc) is 3.13. The number of nitrogens with zero attached hydrogens (tertiary/aromatic N) is 2. The molecule has 5 heteroatoms. The second kappa shape index (κ2) is 8.29. The van der Waals surface area contributed by atoms with Crippen LogP contribution in [0.4, 0.5) is 17.1 Å². The quantitative estimate of drug-likeness (QED) is 0.430. The predicted molar refractivity (Wildman–Crippen MR) is 139 cm³/mol. The van der Waals surface area contributed by atoms with E-state index in [2.05, 4.69) is 5.32 Å². The van der Waals surface area contributed by atoms with Gasteiger partial charge in [-0.25, -0.2) is 0 Å². The minimum atomic E-state index is -1.38. The SMILES string of the molecule is O=C1c2ccccc2N[C@]2(C(=O)N(C/C=C/c3ccccc3)c3ccccc32)N1c1ccccc1. The molecule has 1 atom stereocenters. The lowest BCUT2D eigenvalue weighted by Gasteiger charge is -2.45. The van der Waals surface area contributed by atoms with Gasteiger partial charge in [0, 0.05) is 23.5 Å². The molecule has 0 fully saturated rings. The number of amides is 2. The number of rotatable bonds is 4. The van der Waals surface area contributed by atoms with Crippen molar-refractivity contribution in [2.45, 2.75) is 5.66 Å². The van der Waals surface area contributed by atoms with Gasteiger partial charge in [-0.1, -0.05) is 91.0 Å². The molecule has 0 aliphatic carbocycles. The zero-order valence-corrected chi connectivity index (χ0v) is 19.0. The summed E-state index contributed by atoms with van der Waals surface area (Å²) in [7, 11) is 0. The van der Waals surface area contributed by atoms with E-state index in [0.717, 1.165) is 16.8 Å². The van der Waals surface area contributed by atoms with Crippen molar-refractivity contribution in [1.82, 2.24) is 0 Å². The number of anilines is 3. The Bertz CT molecular complexity index is 1450. The van der Waals surface area contributed by atoms with Crippen LogP contribution in [0.15, 0.2) is 115 Å². The van der Waals surface area contributed by atoms with Crippen molar-refractivity contribution in [2.75, 3.05) is 21.7 Å². The van der Waals surface area contributed by atoms with Crippen molar-refractivity contribution >= 4 is 35.0 Å². The van der Waals surface area contributed by atoms with E-state index in [1.54, 1.807) is 15.9 Å². The summed E-state index contributed by atoms with van der Waals surface area (Å²) in [5.74, 6) is -0.404. The van der Waals surface area contributed by atoms with E-state index in [0.29, 0.717) is 23.5 Å². The molecule has 4 aromatic rings. The number of carbonyl (C=O) groups excluding carboxylic acids is 2. The molecule has 1 spiro atoms. The summed E-state index contributed by atoms with van der Waals surface area (Å²) >= 11 is 0. The largest absolute Gasteiger partial charge is 0.350 e. The summed E-state index contributed by atoms with van der Waals surface area (Å²) in [6, 6.07) is 34.4. The fourth-order valence-corrected chi connectivity index (χ4v) is 5.00. The van der Waals surface area contributed by atoms with E-state index >= 15 is 0 Å². The van der Waals surface area contributed by atoms with Gasteiger partial charge in [-0.05, 0) is 35.9 Å². The Balaban J connectivity index is 1.50. The van der Waals surface area contributed by atoms with Crippen LogP contribution in [0.1, 0.15) is 21.5 Å². The molecule has 2 aliphatic rings. The number of benzene rings is 4. The van der Waals surface area contributed by atoms with Gasteiger partial charge in [0.15, 0.2) is 0 Å². The number of fused-ring (bicyclic) bond motifs is 3. The summed E-state index contributed by atoms with van der Waals surface area (Å²) in [5, 5.41) is 3.49. The van der Waals surface area contributed by atoms with Gasteiger partial charge >= 0.3 is 0 Å². The zero-order valence-electron chi connectivity index (χ0n) is 19.0. The monoisotopic (exact) mass is 457 g/mol. The lowest BCUT2D eigenvalue weighted by Crippen LogP contribution is -2.63. The third kappa shape index (κ3) is 3.24. The molecule has 2 amide bonds. The van der Waals surface area contributed by atoms with Crippen molar-refractivity contribution in [1.29, 1.82) is 0 Å². The Morgan fingerprint density at radius 3 is 2.20 bits per heavy atom. The molecular weight excluding hydrogens is 434 g/mol. The van der Waals surface area contributed by atoms with E-state index < -0.39 is 5.66 Å². The van der Waals surface area contributed by atoms with Crippen LogP contribution in [0, 0.1) is 0 Å². The molecule has 2 heterocycles. The summed E-state index contributed by atoms with van der Waals surface area (Å²) in [6.45, 7) is 0.382. The molecule has 0 bridgehead atoms. The van der Waals surface area contributed by atoms with E-state index in [-0.39, 0.29) is 11.8 Å². The molecule has 5 nitrogen and oxygen atoms in total. The van der Waals surface area contributed by atoms with Crippen LogP contribution in [0.3, 0.4) is 0 Å². The molecule has 170 valence electrons. The second-order valence-electron chi connectivity index (χ2n) is 8.60. The second-order valence-corrected chi connectivity index (χ2v) is 8.60. The van der Waals surface area contributed by atoms with Crippen LogP contribution in [-0.2, 0) is 10.5 Å². The first-order valence-corrected chi connectivity index (χ1v) is 11.6. The normalized spacial score (nSPS) is 18.6. The van der Waals surface area contributed by atoms with Crippen molar-refractivity contribution in [3.63, 3.8) is 0 Å². The molecular formula is C30H23N3O2. The van der Waals surface area contributed by atoms with Gasteiger partial charge in [0.25, 0.3) is 11.8 Å². The van der Waals surface area contributed by atoms with Gasteiger partial charge in [-0.2, -0.15) is 0 Å². The molecule has 0 unspecified atom stereocenters. The number of nitrogens with one attached hydrogen (secondary N) is 1. The van der Waals surface area contributed by atoms with E-state index in [1.807, 2.05) is 115 Å². The highest BCUT2D eigenvalue weighted by Gasteiger charge is 2.59. The average molecular weight is 458 g/mol. The molecule has 2 aliphatic heterocycles. The summed E-state index contributed by atoms with van der Waals surface area (Å²) < 4.78 is 0. The van der Waals surface area contributed by atoms with Crippen molar-refractivity contribution in [3.8, 4) is 0 Å². The van der Waals surface area contributed by atoms with Crippen LogP contribution in [0.2, 0.25) is 0 Å². The first-order valence-electron chi connectivity index (χ1n) is 11.6.